The van der Waals surface area contributed by atoms with E-state index >= 15 is 0 Å². The first kappa shape index (κ1) is 18.1. The van der Waals surface area contributed by atoms with E-state index in [1.165, 1.54) is 4.80 Å². The lowest BCUT2D eigenvalue weighted by Crippen LogP contribution is -2.36. The fourth-order valence-electron chi connectivity index (χ4n) is 3.03. The molecule has 2 heterocycles. The van der Waals surface area contributed by atoms with Gasteiger partial charge in [0.25, 0.3) is 0 Å². The minimum absolute atomic E-state index is 0.00668. The quantitative estimate of drug-likeness (QED) is 0.732. The van der Waals surface area contributed by atoms with E-state index in [2.05, 4.69) is 25.6 Å². The third-order valence-electron chi connectivity index (χ3n) is 4.57. The molecule has 0 saturated carbocycles. The van der Waals surface area contributed by atoms with Crippen LogP contribution in [0.1, 0.15) is 5.56 Å². The average molecular weight is 378 g/mol. The van der Waals surface area contributed by atoms with Crippen LogP contribution in [-0.4, -0.2) is 52.4 Å². The predicted molar refractivity (Wildman–Crippen MR) is 106 cm³/mol. The zero-order valence-corrected chi connectivity index (χ0v) is 15.7. The first-order chi connectivity index (χ1) is 13.7. The molecule has 144 valence electrons. The van der Waals surface area contributed by atoms with Gasteiger partial charge in [-0.1, -0.05) is 17.7 Å². The van der Waals surface area contributed by atoms with Crippen molar-refractivity contribution in [1.82, 2.24) is 20.2 Å². The molecule has 0 atom stereocenters. The Morgan fingerprint density at radius 1 is 1.07 bits per heavy atom. The molecule has 0 bridgehead atoms. The fraction of sp³-hybridized carbons (Fsp3) is 0.300. The first-order valence-electron chi connectivity index (χ1n) is 9.25. The summed E-state index contributed by atoms with van der Waals surface area (Å²) in [5.41, 5.74) is 3.90. The van der Waals surface area contributed by atoms with Crippen molar-refractivity contribution >= 4 is 17.3 Å². The lowest BCUT2D eigenvalue weighted by Gasteiger charge is -2.28. The Hall–Kier alpha value is -3.26. The molecule has 1 aliphatic heterocycles. The highest BCUT2D eigenvalue weighted by Crippen LogP contribution is 2.21. The van der Waals surface area contributed by atoms with Gasteiger partial charge < -0.3 is 15.0 Å². The molecule has 1 aromatic heterocycles. The molecule has 0 spiro atoms. The van der Waals surface area contributed by atoms with Crippen LogP contribution in [0.5, 0.6) is 0 Å². The molecule has 0 unspecified atom stereocenters. The van der Waals surface area contributed by atoms with E-state index in [9.17, 15) is 4.79 Å². The van der Waals surface area contributed by atoms with Crippen LogP contribution in [0.3, 0.4) is 0 Å². The maximum Gasteiger partial charge on any atom is 0.248 e. The largest absolute Gasteiger partial charge is 0.378 e. The van der Waals surface area contributed by atoms with Crippen molar-refractivity contribution in [2.75, 3.05) is 36.5 Å². The number of morpholine rings is 1. The Labute approximate surface area is 163 Å². The highest BCUT2D eigenvalue weighted by molar-refractivity contribution is 5.90. The van der Waals surface area contributed by atoms with Crippen molar-refractivity contribution in [1.29, 1.82) is 0 Å². The van der Waals surface area contributed by atoms with Crippen LogP contribution in [0, 0.1) is 6.92 Å². The molecule has 2 aromatic carbocycles. The van der Waals surface area contributed by atoms with E-state index in [-0.39, 0.29) is 12.5 Å². The van der Waals surface area contributed by atoms with Crippen LogP contribution in [0.25, 0.3) is 11.4 Å². The number of carbonyl (C=O) groups is 1. The molecule has 1 aliphatic rings. The standard InChI is InChI=1S/C20H22N6O2/c1-15-2-6-17(7-3-15)21-19(27)14-26-23-20(22-24-26)16-4-8-18(9-5-16)25-10-12-28-13-11-25/h2-9H,10-14H2,1H3,(H,21,27). The SMILES string of the molecule is Cc1ccc(NC(=O)Cn2nnc(-c3ccc(N4CCOCC4)cc3)n2)cc1. The van der Waals surface area contributed by atoms with Gasteiger partial charge in [0.15, 0.2) is 0 Å². The number of tetrazole rings is 1. The van der Waals surface area contributed by atoms with Gasteiger partial charge in [-0.25, -0.2) is 0 Å². The van der Waals surface area contributed by atoms with Crippen LogP contribution in [-0.2, 0) is 16.1 Å². The molecule has 0 aliphatic carbocycles. The van der Waals surface area contributed by atoms with Gasteiger partial charge in [-0.15, -0.1) is 10.2 Å². The second-order valence-electron chi connectivity index (χ2n) is 6.70. The summed E-state index contributed by atoms with van der Waals surface area (Å²) in [6, 6.07) is 15.7. The van der Waals surface area contributed by atoms with Gasteiger partial charge in [-0.2, -0.15) is 4.80 Å². The molecule has 1 amide bonds. The Kier molecular flexibility index (Phi) is 5.29. The summed E-state index contributed by atoms with van der Waals surface area (Å²) in [6.45, 7) is 5.30. The van der Waals surface area contributed by atoms with Crippen molar-refractivity contribution in [3.63, 3.8) is 0 Å². The van der Waals surface area contributed by atoms with Gasteiger partial charge in [0.05, 0.1) is 13.2 Å². The van der Waals surface area contributed by atoms with Gasteiger partial charge in [-0.3, -0.25) is 4.79 Å². The number of benzene rings is 2. The number of ether oxygens (including phenoxy) is 1. The number of hydrogen-bond acceptors (Lipinski definition) is 6. The van der Waals surface area contributed by atoms with Gasteiger partial charge in [-0.05, 0) is 48.5 Å². The number of rotatable bonds is 5. The van der Waals surface area contributed by atoms with Gasteiger partial charge in [0.1, 0.15) is 6.54 Å². The van der Waals surface area contributed by atoms with Gasteiger partial charge in [0.2, 0.25) is 11.7 Å². The number of hydrogen-bond donors (Lipinski definition) is 1. The van der Waals surface area contributed by atoms with E-state index in [0.717, 1.165) is 48.8 Å². The summed E-state index contributed by atoms with van der Waals surface area (Å²) in [5, 5.41) is 15.2. The molecule has 3 aromatic rings. The number of anilines is 2. The van der Waals surface area contributed by atoms with Crippen molar-refractivity contribution in [2.45, 2.75) is 13.5 Å². The van der Waals surface area contributed by atoms with Crippen LogP contribution in [0.2, 0.25) is 0 Å². The summed E-state index contributed by atoms with van der Waals surface area (Å²) < 4.78 is 5.39. The molecule has 1 fully saturated rings. The predicted octanol–water partition coefficient (Wildman–Crippen LogP) is 2.12. The summed E-state index contributed by atoms with van der Waals surface area (Å²) in [4.78, 5) is 15.8. The molecule has 1 N–H and O–H groups in total. The number of nitrogens with zero attached hydrogens (tertiary/aromatic N) is 5. The number of carbonyl (C=O) groups excluding carboxylic acids is 1. The Bertz CT molecular complexity index is 930. The lowest BCUT2D eigenvalue weighted by molar-refractivity contribution is -0.117. The summed E-state index contributed by atoms with van der Waals surface area (Å²) in [7, 11) is 0. The minimum Gasteiger partial charge on any atom is -0.378 e. The van der Waals surface area contributed by atoms with Crippen molar-refractivity contribution in [3.8, 4) is 11.4 Å². The molecule has 8 heteroatoms. The second kappa shape index (κ2) is 8.18. The maximum atomic E-state index is 12.2. The summed E-state index contributed by atoms with van der Waals surface area (Å²) in [5.74, 6) is 0.298. The van der Waals surface area contributed by atoms with E-state index in [1.54, 1.807) is 0 Å². The maximum absolute atomic E-state index is 12.2. The fourth-order valence-corrected chi connectivity index (χ4v) is 3.03. The lowest BCUT2D eigenvalue weighted by atomic mass is 10.2. The number of amides is 1. The van der Waals surface area contributed by atoms with Crippen molar-refractivity contribution < 1.29 is 9.53 Å². The minimum atomic E-state index is -0.199. The van der Waals surface area contributed by atoms with E-state index in [4.69, 9.17) is 4.74 Å². The smallest absolute Gasteiger partial charge is 0.248 e. The third-order valence-corrected chi connectivity index (χ3v) is 4.57. The first-order valence-corrected chi connectivity index (χ1v) is 9.25. The van der Waals surface area contributed by atoms with Gasteiger partial charge >= 0.3 is 0 Å². The zero-order chi connectivity index (χ0) is 19.3. The Balaban J connectivity index is 1.38. The van der Waals surface area contributed by atoms with Crippen LogP contribution < -0.4 is 10.2 Å². The van der Waals surface area contributed by atoms with E-state index in [0.29, 0.717) is 5.82 Å². The normalized spacial score (nSPS) is 14.1. The molecule has 1 saturated heterocycles. The zero-order valence-electron chi connectivity index (χ0n) is 15.7. The molecule has 8 nitrogen and oxygen atoms in total. The van der Waals surface area contributed by atoms with Gasteiger partial charge in [0, 0.05) is 30.0 Å². The molecular weight excluding hydrogens is 356 g/mol. The van der Waals surface area contributed by atoms with Crippen molar-refractivity contribution in [3.05, 3.63) is 54.1 Å². The summed E-state index contributed by atoms with van der Waals surface area (Å²) in [6.07, 6.45) is 0. The van der Waals surface area contributed by atoms with Crippen LogP contribution in [0.4, 0.5) is 11.4 Å². The monoisotopic (exact) mass is 378 g/mol. The number of aromatic nitrogens is 4. The number of aryl methyl sites for hydroxylation is 1. The average Bonchev–Trinajstić information content (AvgIpc) is 3.19. The molecule has 28 heavy (non-hydrogen) atoms. The van der Waals surface area contributed by atoms with Crippen molar-refractivity contribution in [2.24, 2.45) is 0 Å². The Morgan fingerprint density at radius 2 is 1.79 bits per heavy atom. The Morgan fingerprint density at radius 3 is 2.50 bits per heavy atom. The van der Waals surface area contributed by atoms with Crippen LogP contribution in [0.15, 0.2) is 48.5 Å². The number of nitrogens with one attached hydrogen (secondary N) is 1. The molecular formula is C20H22N6O2. The highest BCUT2D eigenvalue weighted by Gasteiger charge is 2.13. The van der Waals surface area contributed by atoms with E-state index in [1.807, 2.05) is 55.5 Å². The summed E-state index contributed by atoms with van der Waals surface area (Å²) >= 11 is 0. The van der Waals surface area contributed by atoms with E-state index < -0.39 is 0 Å². The highest BCUT2D eigenvalue weighted by atomic mass is 16.5. The molecule has 0 radical (unpaired) electrons. The van der Waals surface area contributed by atoms with Crippen LogP contribution >= 0.6 is 0 Å². The topological polar surface area (TPSA) is 85.2 Å². The second-order valence-corrected chi connectivity index (χ2v) is 6.70. The molecule has 4 rings (SSSR count). The third kappa shape index (κ3) is 4.34.